The lowest BCUT2D eigenvalue weighted by atomic mass is 9.88. The first-order chi connectivity index (χ1) is 19.2. The minimum Gasteiger partial charge on any atom is -0.343 e. The van der Waals surface area contributed by atoms with E-state index in [1.165, 1.54) is 18.5 Å². The van der Waals surface area contributed by atoms with Crippen molar-refractivity contribution in [2.24, 2.45) is 0 Å². The van der Waals surface area contributed by atoms with Crippen LogP contribution in [0, 0.1) is 11.3 Å². The first kappa shape index (κ1) is 27.0. The fourth-order valence-corrected chi connectivity index (χ4v) is 5.13. The zero-order chi connectivity index (χ0) is 28.3. The molecule has 2 heterocycles. The minimum atomic E-state index is -3.25. The molecule has 1 N–H and O–H groups in total. The lowest BCUT2D eigenvalue weighted by molar-refractivity contribution is -0.133. The summed E-state index contributed by atoms with van der Waals surface area (Å²) in [4.78, 5) is 31.2. The van der Waals surface area contributed by atoms with Gasteiger partial charge in [0.15, 0.2) is 5.54 Å². The molecule has 6 nitrogen and oxygen atoms in total. The van der Waals surface area contributed by atoms with E-state index in [1.54, 1.807) is 36.4 Å². The molecule has 1 atom stereocenters. The van der Waals surface area contributed by atoms with Crippen LogP contribution >= 0.6 is 11.6 Å². The van der Waals surface area contributed by atoms with Gasteiger partial charge >= 0.3 is 0 Å². The van der Waals surface area contributed by atoms with E-state index in [1.807, 2.05) is 48.5 Å². The summed E-state index contributed by atoms with van der Waals surface area (Å²) in [7, 11) is 0. The number of carbonyl (C=O) groups excluding carboxylic acids is 2. The third-order valence-corrected chi connectivity index (χ3v) is 7.12. The van der Waals surface area contributed by atoms with Crippen molar-refractivity contribution in [2.75, 3.05) is 13.1 Å². The van der Waals surface area contributed by atoms with Gasteiger partial charge in [0.1, 0.15) is 0 Å². The highest BCUT2D eigenvalue weighted by atomic mass is 35.5. The Hall–Kier alpha value is -4.61. The standard InChI is InChI=1S/C31H23ClF2N4O2/c32-26-11-10-22-14-21(6-8-23(22)15-26)7-9-24-16-36-13-12-27(24)29(40)37-17-28(39)38-20-31(33,34)18-30(38,19-35)25-4-2-1-3-5-25/h1-16H,17-18,20H2,(H,37,40). The molecule has 1 saturated heterocycles. The number of carbonyl (C=O) groups is 2. The molecule has 40 heavy (non-hydrogen) atoms. The zero-order valence-corrected chi connectivity index (χ0v) is 21.9. The van der Waals surface area contributed by atoms with Crippen molar-refractivity contribution < 1.29 is 18.4 Å². The molecule has 5 rings (SSSR count). The smallest absolute Gasteiger partial charge is 0.269 e. The Morgan fingerprint density at radius 2 is 1.80 bits per heavy atom. The van der Waals surface area contributed by atoms with Gasteiger partial charge in [-0.25, -0.2) is 8.78 Å². The number of hydrogen-bond donors (Lipinski definition) is 1. The van der Waals surface area contributed by atoms with E-state index in [9.17, 15) is 23.6 Å². The summed E-state index contributed by atoms with van der Waals surface area (Å²) < 4.78 is 29.0. The van der Waals surface area contributed by atoms with Gasteiger partial charge in [0.05, 0.1) is 25.6 Å². The van der Waals surface area contributed by atoms with Gasteiger partial charge in [-0.3, -0.25) is 14.6 Å². The van der Waals surface area contributed by atoms with Crippen LogP contribution in [-0.2, 0) is 10.3 Å². The van der Waals surface area contributed by atoms with Crippen molar-refractivity contribution in [1.29, 1.82) is 5.26 Å². The zero-order valence-electron chi connectivity index (χ0n) is 21.2. The van der Waals surface area contributed by atoms with E-state index >= 15 is 0 Å². The maximum Gasteiger partial charge on any atom is 0.269 e. The highest BCUT2D eigenvalue weighted by Crippen LogP contribution is 2.45. The summed E-state index contributed by atoms with van der Waals surface area (Å²) in [6.45, 7) is -1.46. The van der Waals surface area contributed by atoms with Crippen LogP contribution in [0.2, 0.25) is 5.02 Å². The van der Waals surface area contributed by atoms with Crippen molar-refractivity contribution in [3.63, 3.8) is 0 Å². The summed E-state index contributed by atoms with van der Waals surface area (Å²) >= 11 is 6.06. The molecule has 1 unspecified atom stereocenters. The molecule has 0 spiro atoms. The van der Waals surface area contributed by atoms with Crippen LogP contribution in [0.1, 0.15) is 33.5 Å². The molecule has 0 bridgehead atoms. The third-order valence-electron chi connectivity index (χ3n) is 6.88. The van der Waals surface area contributed by atoms with Crippen LogP contribution in [-0.4, -0.2) is 40.7 Å². The molecule has 4 aromatic rings. The summed E-state index contributed by atoms with van der Waals surface area (Å²) in [5.74, 6) is -4.60. The molecule has 3 aromatic carbocycles. The second kappa shape index (κ2) is 10.9. The van der Waals surface area contributed by atoms with Crippen LogP contribution in [0.15, 0.2) is 85.2 Å². The monoisotopic (exact) mass is 556 g/mol. The number of hydrogen-bond acceptors (Lipinski definition) is 4. The Morgan fingerprint density at radius 3 is 2.58 bits per heavy atom. The largest absolute Gasteiger partial charge is 0.343 e. The molecule has 1 fully saturated rings. The number of alkyl halides is 2. The van der Waals surface area contributed by atoms with E-state index in [0.29, 0.717) is 16.1 Å². The van der Waals surface area contributed by atoms with Crippen LogP contribution in [0.3, 0.4) is 0 Å². The lowest BCUT2D eigenvalue weighted by Gasteiger charge is -2.32. The van der Waals surface area contributed by atoms with Gasteiger partial charge in [-0.2, -0.15) is 5.26 Å². The third kappa shape index (κ3) is 5.42. The average molecular weight is 557 g/mol. The Labute approximate surface area is 234 Å². The number of nitrogens with one attached hydrogen (secondary N) is 1. The number of pyridine rings is 1. The number of likely N-dealkylation sites (tertiary alicyclic amines) is 1. The predicted molar refractivity (Wildman–Crippen MR) is 149 cm³/mol. The molecule has 1 aliphatic rings. The van der Waals surface area contributed by atoms with Gasteiger partial charge in [-0.1, -0.05) is 72.3 Å². The molecule has 2 amide bonds. The second-order valence-electron chi connectivity index (χ2n) is 9.58. The van der Waals surface area contributed by atoms with Gasteiger partial charge < -0.3 is 10.2 Å². The minimum absolute atomic E-state index is 0.257. The van der Waals surface area contributed by atoms with Crippen molar-refractivity contribution in [1.82, 2.24) is 15.2 Å². The number of rotatable bonds is 6. The van der Waals surface area contributed by atoms with Gasteiger partial charge in [0.2, 0.25) is 5.91 Å². The molecule has 1 aromatic heterocycles. The van der Waals surface area contributed by atoms with Crippen molar-refractivity contribution in [3.05, 3.63) is 112 Å². The number of aromatic nitrogens is 1. The van der Waals surface area contributed by atoms with E-state index in [2.05, 4.69) is 10.3 Å². The van der Waals surface area contributed by atoms with E-state index in [0.717, 1.165) is 21.2 Å². The van der Waals surface area contributed by atoms with Crippen LogP contribution < -0.4 is 5.32 Å². The SMILES string of the molecule is N#CC1(c2ccccc2)CC(F)(F)CN1C(=O)CNC(=O)c1ccncc1C=Cc1ccc2cc(Cl)ccc2c1. The first-order valence-electron chi connectivity index (χ1n) is 12.5. The van der Waals surface area contributed by atoms with Gasteiger partial charge in [-0.05, 0) is 46.2 Å². The molecular weight excluding hydrogens is 534 g/mol. The number of nitrogens with zero attached hydrogens (tertiary/aromatic N) is 3. The average Bonchev–Trinajstić information content (AvgIpc) is 3.27. The molecule has 1 aliphatic heterocycles. The van der Waals surface area contributed by atoms with Gasteiger partial charge in [-0.15, -0.1) is 0 Å². The Bertz CT molecular complexity index is 1670. The predicted octanol–water partition coefficient (Wildman–Crippen LogP) is 6.08. The number of benzene rings is 3. The Kier molecular flexibility index (Phi) is 7.33. The quantitative estimate of drug-likeness (QED) is 0.312. The molecular formula is C31H23ClF2N4O2. The highest BCUT2D eigenvalue weighted by molar-refractivity contribution is 6.31. The summed E-state index contributed by atoms with van der Waals surface area (Å²) in [5.41, 5.74) is 0.124. The van der Waals surface area contributed by atoms with Crippen molar-refractivity contribution in [3.8, 4) is 6.07 Å². The molecule has 0 aliphatic carbocycles. The van der Waals surface area contributed by atoms with Crippen LogP contribution in [0.4, 0.5) is 8.78 Å². The molecule has 9 heteroatoms. The number of halogens is 3. The second-order valence-corrected chi connectivity index (χ2v) is 10.0. The lowest BCUT2D eigenvalue weighted by Crippen LogP contribution is -2.48. The van der Waals surface area contributed by atoms with E-state index < -0.39 is 42.8 Å². The topological polar surface area (TPSA) is 86.1 Å². The first-order valence-corrected chi connectivity index (χ1v) is 12.8. The highest BCUT2D eigenvalue weighted by Gasteiger charge is 2.58. The summed E-state index contributed by atoms with van der Waals surface area (Å²) in [6.07, 6.45) is 5.72. The fourth-order valence-electron chi connectivity index (χ4n) is 4.95. The van der Waals surface area contributed by atoms with Gasteiger partial charge in [0.25, 0.3) is 11.8 Å². The van der Waals surface area contributed by atoms with E-state index in [-0.39, 0.29) is 5.56 Å². The van der Waals surface area contributed by atoms with Gasteiger partial charge in [0, 0.05) is 28.5 Å². The molecule has 0 radical (unpaired) electrons. The number of nitriles is 1. The van der Waals surface area contributed by atoms with Crippen molar-refractivity contribution >= 4 is 46.3 Å². The summed E-state index contributed by atoms with van der Waals surface area (Å²) in [5, 5.41) is 15.1. The van der Waals surface area contributed by atoms with Crippen LogP contribution in [0.5, 0.6) is 0 Å². The Balaban J connectivity index is 1.32. The molecule has 0 saturated carbocycles. The number of amides is 2. The molecule has 200 valence electrons. The van der Waals surface area contributed by atoms with E-state index in [4.69, 9.17) is 11.6 Å². The van der Waals surface area contributed by atoms with Crippen molar-refractivity contribution in [2.45, 2.75) is 17.9 Å². The maximum atomic E-state index is 14.5. The Morgan fingerprint density at radius 1 is 1.05 bits per heavy atom. The summed E-state index contributed by atoms with van der Waals surface area (Å²) in [6, 6.07) is 23.0. The number of fused-ring (bicyclic) bond motifs is 1. The van der Waals surface area contributed by atoms with Crippen LogP contribution in [0.25, 0.3) is 22.9 Å². The fraction of sp³-hybridized carbons (Fsp3) is 0.161. The maximum absolute atomic E-state index is 14.5. The normalized spacial score (nSPS) is 18.1.